The maximum atomic E-state index is 12.2. The van der Waals surface area contributed by atoms with E-state index in [4.69, 9.17) is 11.5 Å². The topological polar surface area (TPSA) is 115 Å². The number of benzene rings is 1. The number of primary amides is 1. The SMILES string of the molecule is Cc1c(N)cc(Br)cc1S(=O)(=O)NC(C)CC(N)=O. The lowest BCUT2D eigenvalue weighted by molar-refractivity contribution is -0.118. The number of nitrogens with two attached hydrogens (primary N) is 2. The van der Waals surface area contributed by atoms with E-state index in [-0.39, 0.29) is 11.3 Å². The van der Waals surface area contributed by atoms with E-state index in [0.29, 0.717) is 15.7 Å². The van der Waals surface area contributed by atoms with Crippen LogP contribution in [-0.4, -0.2) is 20.4 Å². The first kappa shape index (κ1) is 15.9. The van der Waals surface area contributed by atoms with E-state index in [1.165, 1.54) is 6.07 Å². The Hall–Kier alpha value is -1.12. The van der Waals surface area contributed by atoms with E-state index < -0.39 is 22.0 Å². The molecular formula is C11H16BrN3O3S. The van der Waals surface area contributed by atoms with Crippen LogP contribution >= 0.6 is 15.9 Å². The van der Waals surface area contributed by atoms with Crippen LogP contribution in [0.4, 0.5) is 5.69 Å². The fraction of sp³-hybridized carbons (Fsp3) is 0.364. The summed E-state index contributed by atoms with van der Waals surface area (Å²) in [5.74, 6) is -0.569. The Morgan fingerprint density at radius 1 is 1.47 bits per heavy atom. The average molecular weight is 350 g/mol. The van der Waals surface area contributed by atoms with Gasteiger partial charge in [0.2, 0.25) is 15.9 Å². The Labute approximate surface area is 120 Å². The van der Waals surface area contributed by atoms with Gasteiger partial charge in [0.15, 0.2) is 0 Å². The molecule has 1 unspecified atom stereocenters. The first-order chi connectivity index (χ1) is 8.63. The highest BCUT2D eigenvalue weighted by Gasteiger charge is 2.22. The highest BCUT2D eigenvalue weighted by molar-refractivity contribution is 9.10. The highest BCUT2D eigenvalue weighted by Crippen LogP contribution is 2.26. The molecule has 8 heteroatoms. The smallest absolute Gasteiger partial charge is 0.241 e. The van der Waals surface area contributed by atoms with E-state index in [9.17, 15) is 13.2 Å². The summed E-state index contributed by atoms with van der Waals surface area (Å²) in [5.41, 5.74) is 11.6. The summed E-state index contributed by atoms with van der Waals surface area (Å²) in [6.07, 6.45) is -0.0677. The van der Waals surface area contributed by atoms with E-state index >= 15 is 0 Å². The van der Waals surface area contributed by atoms with Gasteiger partial charge in [-0.1, -0.05) is 15.9 Å². The summed E-state index contributed by atoms with van der Waals surface area (Å²) in [6.45, 7) is 3.19. The van der Waals surface area contributed by atoms with Gasteiger partial charge in [-0.25, -0.2) is 13.1 Å². The van der Waals surface area contributed by atoms with E-state index in [1.807, 2.05) is 0 Å². The van der Waals surface area contributed by atoms with Gasteiger partial charge in [0.25, 0.3) is 0 Å². The molecule has 5 N–H and O–H groups in total. The zero-order chi connectivity index (χ0) is 14.8. The van der Waals surface area contributed by atoms with Crippen LogP contribution in [0.1, 0.15) is 18.9 Å². The molecule has 0 heterocycles. The number of carbonyl (C=O) groups is 1. The highest BCUT2D eigenvalue weighted by atomic mass is 79.9. The average Bonchev–Trinajstić information content (AvgIpc) is 2.20. The second-order valence-corrected chi connectivity index (χ2v) is 6.91. The summed E-state index contributed by atoms with van der Waals surface area (Å²) in [7, 11) is -3.75. The number of nitrogens with one attached hydrogen (secondary N) is 1. The molecule has 0 bridgehead atoms. The first-order valence-corrected chi connectivity index (χ1v) is 7.77. The van der Waals surface area contributed by atoms with Crippen molar-refractivity contribution < 1.29 is 13.2 Å². The molecule has 0 aliphatic rings. The van der Waals surface area contributed by atoms with Crippen LogP contribution in [0.25, 0.3) is 0 Å². The number of nitrogen functional groups attached to an aromatic ring is 1. The normalized spacial score (nSPS) is 13.2. The molecule has 0 radical (unpaired) electrons. The Morgan fingerprint density at radius 3 is 2.58 bits per heavy atom. The summed E-state index contributed by atoms with van der Waals surface area (Å²) in [4.78, 5) is 10.8. The molecule has 1 amide bonds. The molecule has 6 nitrogen and oxygen atoms in total. The number of amides is 1. The van der Waals surface area contributed by atoms with Gasteiger partial charge in [-0.3, -0.25) is 4.79 Å². The summed E-state index contributed by atoms with van der Waals surface area (Å²) in [6, 6.07) is 2.51. The predicted molar refractivity (Wildman–Crippen MR) is 76.9 cm³/mol. The van der Waals surface area contributed by atoms with Crippen LogP contribution in [0.2, 0.25) is 0 Å². The van der Waals surface area contributed by atoms with Crippen LogP contribution in [0.5, 0.6) is 0 Å². The van der Waals surface area contributed by atoms with Crippen molar-refractivity contribution in [3.63, 3.8) is 0 Å². The van der Waals surface area contributed by atoms with Crippen LogP contribution in [0, 0.1) is 6.92 Å². The fourth-order valence-corrected chi connectivity index (χ4v) is 3.80. The maximum absolute atomic E-state index is 12.2. The van der Waals surface area contributed by atoms with Gasteiger partial charge in [0.1, 0.15) is 0 Å². The second kappa shape index (κ2) is 5.89. The molecule has 1 aromatic carbocycles. The summed E-state index contributed by atoms with van der Waals surface area (Å²) >= 11 is 3.20. The zero-order valence-corrected chi connectivity index (χ0v) is 13.0. The van der Waals surface area contributed by atoms with Gasteiger partial charge in [0, 0.05) is 22.6 Å². The molecule has 0 aromatic heterocycles. The molecule has 0 spiro atoms. The first-order valence-electron chi connectivity index (χ1n) is 5.49. The van der Waals surface area contributed by atoms with Crippen molar-refractivity contribution >= 4 is 37.5 Å². The van der Waals surface area contributed by atoms with Crippen LogP contribution < -0.4 is 16.2 Å². The third-order valence-electron chi connectivity index (χ3n) is 2.52. The Balaban J connectivity index is 3.11. The van der Waals surface area contributed by atoms with E-state index in [0.717, 1.165) is 0 Å². The van der Waals surface area contributed by atoms with Gasteiger partial charge in [-0.2, -0.15) is 0 Å². The molecule has 0 aliphatic heterocycles. The number of sulfonamides is 1. The maximum Gasteiger partial charge on any atom is 0.241 e. The molecule has 0 aliphatic carbocycles. The van der Waals surface area contributed by atoms with Gasteiger partial charge in [-0.05, 0) is 31.5 Å². The predicted octanol–water partition coefficient (Wildman–Crippen LogP) is 0.882. The minimum Gasteiger partial charge on any atom is -0.398 e. The number of carbonyl (C=O) groups excluding carboxylic acids is 1. The molecule has 1 rings (SSSR count). The number of halogens is 1. The molecule has 0 saturated carbocycles. The molecule has 106 valence electrons. The Bertz CT molecular complexity index is 601. The Kier molecular flexibility index (Phi) is 4.94. The summed E-state index contributed by atoms with van der Waals surface area (Å²) < 4.78 is 27.4. The molecule has 0 fully saturated rings. The third-order valence-corrected chi connectivity index (χ3v) is 4.69. The van der Waals surface area contributed by atoms with Gasteiger partial charge in [0.05, 0.1) is 4.90 Å². The van der Waals surface area contributed by atoms with E-state index in [1.54, 1.807) is 19.9 Å². The van der Waals surface area contributed by atoms with Crippen molar-refractivity contribution in [3.8, 4) is 0 Å². The van der Waals surface area contributed by atoms with Gasteiger partial charge >= 0.3 is 0 Å². The lowest BCUT2D eigenvalue weighted by atomic mass is 10.2. The van der Waals surface area contributed by atoms with Crippen molar-refractivity contribution in [1.82, 2.24) is 4.72 Å². The monoisotopic (exact) mass is 349 g/mol. The number of rotatable bonds is 5. The standard InChI is InChI=1S/C11H16BrN3O3S/c1-6(3-11(14)16)15-19(17,18)10-5-8(12)4-9(13)7(10)2/h4-6,15H,3,13H2,1-2H3,(H2,14,16). The van der Waals surface area contributed by atoms with Gasteiger partial charge in [-0.15, -0.1) is 0 Å². The van der Waals surface area contributed by atoms with Crippen LogP contribution in [-0.2, 0) is 14.8 Å². The number of anilines is 1. The minimum absolute atomic E-state index is 0.0677. The number of hydrogen-bond donors (Lipinski definition) is 3. The third kappa shape index (κ3) is 4.19. The van der Waals surface area contributed by atoms with Gasteiger partial charge < -0.3 is 11.5 Å². The van der Waals surface area contributed by atoms with Crippen molar-refractivity contribution in [1.29, 1.82) is 0 Å². The van der Waals surface area contributed by atoms with Crippen LogP contribution in [0.3, 0.4) is 0 Å². The minimum atomic E-state index is -3.75. The van der Waals surface area contributed by atoms with Crippen molar-refractivity contribution in [2.45, 2.75) is 31.2 Å². The van der Waals surface area contributed by atoms with E-state index in [2.05, 4.69) is 20.7 Å². The zero-order valence-electron chi connectivity index (χ0n) is 10.6. The van der Waals surface area contributed by atoms with Crippen molar-refractivity contribution in [3.05, 3.63) is 22.2 Å². The lowest BCUT2D eigenvalue weighted by Gasteiger charge is -2.15. The summed E-state index contributed by atoms with van der Waals surface area (Å²) in [5, 5.41) is 0. The number of hydrogen-bond acceptors (Lipinski definition) is 4. The van der Waals surface area contributed by atoms with Crippen molar-refractivity contribution in [2.75, 3.05) is 5.73 Å². The quantitative estimate of drug-likeness (QED) is 0.684. The largest absolute Gasteiger partial charge is 0.398 e. The van der Waals surface area contributed by atoms with Crippen LogP contribution in [0.15, 0.2) is 21.5 Å². The lowest BCUT2D eigenvalue weighted by Crippen LogP contribution is -2.36. The Morgan fingerprint density at radius 2 is 2.05 bits per heavy atom. The molecule has 19 heavy (non-hydrogen) atoms. The molecular weight excluding hydrogens is 334 g/mol. The molecule has 0 saturated heterocycles. The molecule has 1 atom stereocenters. The second-order valence-electron chi connectivity index (χ2n) is 4.31. The fourth-order valence-electron chi connectivity index (χ4n) is 1.63. The van der Waals surface area contributed by atoms with Crippen molar-refractivity contribution in [2.24, 2.45) is 5.73 Å². The molecule has 1 aromatic rings.